The van der Waals surface area contributed by atoms with E-state index in [2.05, 4.69) is 16.6 Å². The van der Waals surface area contributed by atoms with Crippen LogP contribution in [0.5, 0.6) is 0 Å². The standard InChI is InChI=1S/C13H22N2O/c1-3-10-14-13(16)11(2)15-12-8-6-4-5-7-9-12/h1,11-12,15H,4-10H2,2H3,(H,14,16). The second kappa shape index (κ2) is 7.29. The molecule has 90 valence electrons. The maximum atomic E-state index is 11.6. The first-order chi connectivity index (χ1) is 7.74. The van der Waals surface area contributed by atoms with Crippen molar-refractivity contribution in [3.8, 4) is 12.3 Å². The van der Waals surface area contributed by atoms with Gasteiger partial charge in [-0.25, -0.2) is 0 Å². The topological polar surface area (TPSA) is 41.1 Å². The van der Waals surface area contributed by atoms with Crippen molar-refractivity contribution < 1.29 is 4.79 Å². The summed E-state index contributed by atoms with van der Waals surface area (Å²) in [6.45, 7) is 2.21. The summed E-state index contributed by atoms with van der Waals surface area (Å²) in [6.07, 6.45) is 12.7. The van der Waals surface area contributed by atoms with Crippen LogP contribution in [-0.4, -0.2) is 24.5 Å². The van der Waals surface area contributed by atoms with E-state index < -0.39 is 0 Å². The van der Waals surface area contributed by atoms with Gasteiger partial charge in [0.05, 0.1) is 12.6 Å². The normalized spacial score (nSPS) is 19.5. The largest absolute Gasteiger partial charge is 0.344 e. The van der Waals surface area contributed by atoms with E-state index in [4.69, 9.17) is 6.42 Å². The Morgan fingerprint density at radius 1 is 1.38 bits per heavy atom. The highest BCUT2D eigenvalue weighted by Gasteiger charge is 2.18. The van der Waals surface area contributed by atoms with Crippen molar-refractivity contribution in [1.82, 2.24) is 10.6 Å². The molecule has 0 heterocycles. The molecule has 1 rings (SSSR count). The summed E-state index contributed by atoms with van der Waals surface area (Å²) in [6, 6.07) is 0.352. The summed E-state index contributed by atoms with van der Waals surface area (Å²) in [5.74, 6) is 2.41. The van der Waals surface area contributed by atoms with Gasteiger partial charge in [-0.15, -0.1) is 6.42 Å². The van der Waals surface area contributed by atoms with Crippen LogP contribution in [0.3, 0.4) is 0 Å². The predicted molar refractivity (Wildman–Crippen MR) is 65.9 cm³/mol. The molecule has 0 aromatic heterocycles. The minimum absolute atomic E-state index is 0.00203. The monoisotopic (exact) mass is 222 g/mol. The average Bonchev–Trinajstić information content (AvgIpc) is 2.54. The fourth-order valence-corrected chi connectivity index (χ4v) is 2.17. The van der Waals surface area contributed by atoms with Gasteiger partial charge in [-0.3, -0.25) is 4.79 Å². The van der Waals surface area contributed by atoms with E-state index in [0.29, 0.717) is 12.6 Å². The summed E-state index contributed by atoms with van der Waals surface area (Å²) >= 11 is 0. The minimum Gasteiger partial charge on any atom is -0.344 e. The summed E-state index contributed by atoms with van der Waals surface area (Å²) in [7, 11) is 0. The molecule has 1 aliphatic rings. The van der Waals surface area contributed by atoms with Crippen molar-refractivity contribution in [1.29, 1.82) is 0 Å². The van der Waals surface area contributed by atoms with Crippen LogP contribution in [0.2, 0.25) is 0 Å². The van der Waals surface area contributed by atoms with Crippen molar-refractivity contribution in [3.05, 3.63) is 0 Å². The van der Waals surface area contributed by atoms with Crippen molar-refractivity contribution in [2.45, 2.75) is 57.5 Å². The molecule has 1 saturated carbocycles. The number of carbonyl (C=O) groups is 1. The van der Waals surface area contributed by atoms with Crippen LogP contribution in [0.25, 0.3) is 0 Å². The molecule has 16 heavy (non-hydrogen) atoms. The van der Waals surface area contributed by atoms with Crippen LogP contribution < -0.4 is 10.6 Å². The summed E-state index contributed by atoms with van der Waals surface area (Å²) in [5, 5.41) is 6.09. The number of amides is 1. The Labute approximate surface area is 98.4 Å². The number of nitrogens with one attached hydrogen (secondary N) is 2. The Balaban J connectivity index is 2.28. The lowest BCUT2D eigenvalue weighted by Gasteiger charge is -2.21. The van der Waals surface area contributed by atoms with Gasteiger partial charge in [0.25, 0.3) is 0 Å². The van der Waals surface area contributed by atoms with E-state index in [1.54, 1.807) is 0 Å². The summed E-state index contributed by atoms with van der Waals surface area (Å²) < 4.78 is 0. The van der Waals surface area contributed by atoms with Gasteiger partial charge in [0.2, 0.25) is 5.91 Å². The first-order valence-corrected chi connectivity index (χ1v) is 6.21. The van der Waals surface area contributed by atoms with Crippen molar-refractivity contribution >= 4 is 5.91 Å². The van der Waals surface area contributed by atoms with Crippen LogP contribution in [0.4, 0.5) is 0 Å². The molecule has 0 bridgehead atoms. The lowest BCUT2D eigenvalue weighted by atomic mass is 10.1. The Kier molecular flexibility index (Phi) is 5.95. The van der Waals surface area contributed by atoms with Gasteiger partial charge in [-0.2, -0.15) is 0 Å². The van der Waals surface area contributed by atoms with E-state index in [0.717, 1.165) is 0 Å². The molecule has 3 nitrogen and oxygen atoms in total. The van der Waals surface area contributed by atoms with Crippen LogP contribution in [0, 0.1) is 12.3 Å². The van der Waals surface area contributed by atoms with E-state index in [1.165, 1.54) is 38.5 Å². The maximum absolute atomic E-state index is 11.6. The van der Waals surface area contributed by atoms with Crippen molar-refractivity contribution in [3.63, 3.8) is 0 Å². The van der Waals surface area contributed by atoms with Crippen molar-refractivity contribution in [2.24, 2.45) is 0 Å². The number of hydrogen-bond acceptors (Lipinski definition) is 2. The van der Waals surface area contributed by atoms with E-state index in [9.17, 15) is 4.79 Å². The van der Waals surface area contributed by atoms with Crippen LogP contribution in [-0.2, 0) is 4.79 Å². The highest BCUT2D eigenvalue weighted by Crippen LogP contribution is 2.17. The molecule has 1 unspecified atom stereocenters. The zero-order valence-electron chi connectivity index (χ0n) is 10.1. The molecule has 0 saturated heterocycles. The van der Waals surface area contributed by atoms with E-state index in [-0.39, 0.29) is 11.9 Å². The van der Waals surface area contributed by atoms with Crippen molar-refractivity contribution in [2.75, 3.05) is 6.54 Å². The quantitative estimate of drug-likeness (QED) is 0.558. The number of terminal acetylenes is 1. The smallest absolute Gasteiger partial charge is 0.237 e. The fraction of sp³-hybridized carbons (Fsp3) is 0.769. The molecule has 1 atom stereocenters. The molecular weight excluding hydrogens is 200 g/mol. The maximum Gasteiger partial charge on any atom is 0.237 e. The van der Waals surface area contributed by atoms with Gasteiger partial charge in [-0.1, -0.05) is 31.6 Å². The van der Waals surface area contributed by atoms with Gasteiger partial charge < -0.3 is 10.6 Å². The lowest BCUT2D eigenvalue weighted by Crippen LogP contribution is -2.46. The molecule has 1 aliphatic carbocycles. The second-order valence-electron chi connectivity index (χ2n) is 4.50. The molecule has 0 aliphatic heterocycles. The van der Waals surface area contributed by atoms with Gasteiger partial charge in [-0.05, 0) is 19.8 Å². The van der Waals surface area contributed by atoms with Crippen LogP contribution >= 0.6 is 0 Å². The first kappa shape index (κ1) is 13.1. The third-order valence-corrected chi connectivity index (χ3v) is 3.10. The molecule has 1 fully saturated rings. The Hall–Kier alpha value is -1.01. The highest BCUT2D eigenvalue weighted by atomic mass is 16.2. The Morgan fingerprint density at radius 3 is 2.56 bits per heavy atom. The molecule has 2 N–H and O–H groups in total. The molecule has 0 spiro atoms. The highest BCUT2D eigenvalue weighted by molar-refractivity contribution is 5.81. The van der Waals surface area contributed by atoms with E-state index >= 15 is 0 Å². The van der Waals surface area contributed by atoms with Crippen LogP contribution in [0.15, 0.2) is 0 Å². The summed E-state index contributed by atoms with van der Waals surface area (Å²) in [5.41, 5.74) is 0. The molecule has 0 aromatic carbocycles. The predicted octanol–water partition coefficient (Wildman–Crippen LogP) is 1.44. The Morgan fingerprint density at radius 2 is 2.00 bits per heavy atom. The SMILES string of the molecule is C#CCNC(=O)C(C)NC1CCCCCC1. The third kappa shape index (κ3) is 4.67. The number of hydrogen-bond donors (Lipinski definition) is 2. The Bertz CT molecular complexity index is 249. The van der Waals surface area contributed by atoms with Gasteiger partial charge >= 0.3 is 0 Å². The molecule has 1 amide bonds. The zero-order valence-corrected chi connectivity index (χ0v) is 10.1. The van der Waals surface area contributed by atoms with Crippen LogP contribution in [0.1, 0.15) is 45.4 Å². The first-order valence-electron chi connectivity index (χ1n) is 6.21. The molecule has 0 aromatic rings. The fourth-order valence-electron chi connectivity index (χ4n) is 2.17. The number of carbonyl (C=O) groups excluding carboxylic acids is 1. The lowest BCUT2D eigenvalue weighted by molar-refractivity contribution is -0.122. The van der Waals surface area contributed by atoms with Gasteiger partial charge in [0.15, 0.2) is 0 Å². The third-order valence-electron chi connectivity index (χ3n) is 3.10. The molecular formula is C13H22N2O. The summed E-state index contributed by atoms with van der Waals surface area (Å²) in [4.78, 5) is 11.6. The van der Waals surface area contributed by atoms with E-state index in [1.807, 2.05) is 6.92 Å². The van der Waals surface area contributed by atoms with Gasteiger partial charge in [0, 0.05) is 6.04 Å². The number of rotatable bonds is 4. The zero-order chi connectivity index (χ0) is 11.8. The minimum atomic E-state index is -0.142. The van der Waals surface area contributed by atoms with Gasteiger partial charge in [0.1, 0.15) is 0 Å². The molecule has 0 radical (unpaired) electrons. The second-order valence-corrected chi connectivity index (χ2v) is 4.50. The average molecular weight is 222 g/mol. The molecule has 3 heteroatoms.